The van der Waals surface area contributed by atoms with Crippen molar-refractivity contribution in [2.45, 2.75) is 18.8 Å². The van der Waals surface area contributed by atoms with Crippen LogP contribution in [0.3, 0.4) is 0 Å². The van der Waals surface area contributed by atoms with Gasteiger partial charge in [0.05, 0.1) is 18.0 Å². The maximum Gasteiger partial charge on any atom is 0.229 e. The Morgan fingerprint density at radius 3 is 2.56 bits per heavy atom. The summed E-state index contributed by atoms with van der Waals surface area (Å²) in [5.41, 5.74) is 3.92. The number of nitrogens with one attached hydrogen (secondary N) is 2. The molecule has 0 unspecified atom stereocenters. The monoisotopic (exact) mass is 404 g/mol. The number of rotatable bonds is 4. The number of anilines is 2. The van der Waals surface area contributed by atoms with Crippen LogP contribution in [0, 0.1) is 0 Å². The summed E-state index contributed by atoms with van der Waals surface area (Å²) in [6, 6.07) is 11.6. The molecule has 0 bridgehead atoms. The number of benzene rings is 2. The fraction of sp³-hybridized carbons (Fsp3) is 0.316. The summed E-state index contributed by atoms with van der Waals surface area (Å²) in [7, 11) is -3.24. The SMILES string of the molecule is CS(=O)(=O)Nc1ccc(C2CCN(c3cc(Cl)cc4[nH]ncc34)CC2)cc1. The van der Waals surface area contributed by atoms with Crippen molar-refractivity contribution in [1.29, 1.82) is 0 Å². The maximum absolute atomic E-state index is 11.3. The van der Waals surface area contributed by atoms with E-state index in [9.17, 15) is 8.42 Å². The Hall–Kier alpha value is -2.25. The fourth-order valence-corrected chi connectivity index (χ4v) is 4.53. The quantitative estimate of drug-likeness (QED) is 0.689. The first kappa shape index (κ1) is 18.1. The van der Waals surface area contributed by atoms with Crippen LogP contribution in [0.1, 0.15) is 24.3 Å². The van der Waals surface area contributed by atoms with E-state index in [0.29, 0.717) is 16.6 Å². The minimum Gasteiger partial charge on any atom is -0.371 e. The molecular formula is C19H21ClN4O2S. The highest BCUT2D eigenvalue weighted by Crippen LogP contribution is 2.35. The number of hydrogen-bond donors (Lipinski definition) is 2. The van der Waals surface area contributed by atoms with Gasteiger partial charge in [-0.3, -0.25) is 9.82 Å². The Balaban J connectivity index is 1.46. The molecule has 0 radical (unpaired) electrons. The highest BCUT2D eigenvalue weighted by Gasteiger charge is 2.22. The van der Waals surface area contributed by atoms with Crippen LogP contribution in [-0.4, -0.2) is 38.0 Å². The molecule has 1 aromatic heterocycles. The van der Waals surface area contributed by atoms with Gasteiger partial charge in [-0.25, -0.2) is 8.42 Å². The lowest BCUT2D eigenvalue weighted by Gasteiger charge is -2.34. The van der Waals surface area contributed by atoms with Crippen molar-refractivity contribution in [2.24, 2.45) is 0 Å². The second-order valence-corrected chi connectivity index (χ2v) is 9.20. The van der Waals surface area contributed by atoms with Crippen LogP contribution < -0.4 is 9.62 Å². The van der Waals surface area contributed by atoms with Gasteiger partial charge in [-0.05, 0) is 48.6 Å². The average molecular weight is 405 g/mol. The predicted octanol–water partition coefficient (Wildman–Crippen LogP) is 3.97. The number of piperidine rings is 1. The number of halogens is 1. The first-order valence-corrected chi connectivity index (χ1v) is 11.1. The predicted molar refractivity (Wildman–Crippen MR) is 110 cm³/mol. The summed E-state index contributed by atoms with van der Waals surface area (Å²) >= 11 is 6.26. The molecular weight excluding hydrogens is 384 g/mol. The summed E-state index contributed by atoms with van der Waals surface area (Å²) in [6.45, 7) is 1.88. The first-order valence-electron chi connectivity index (χ1n) is 8.84. The van der Waals surface area contributed by atoms with E-state index in [0.717, 1.165) is 48.8 Å². The number of nitrogens with zero attached hydrogens (tertiary/aromatic N) is 2. The zero-order valence-corrected chi connectivity index (χ0v) is 16.5. The Labute approximate surface area is 163 Å². The topological polar surface area (TPSA) is 78.1 Å². The molecule has 0 saturated carbocycles. The molecule has 3 aromatic rings. The molecule has 142 valence electrons. The molecule has 27 heavy (non-hydrogen) atoms. The molecule has 1 saturated heterocycles. The molecule has 1 aliphatic heterocycles. The number of fused-ring (bicyclic) bond motifs is 1. The van der Waals surface area contributed by atoms with Crippen LogP contribution in [0.2, 0.25) is 5.02 Å². The summed E-state index contributed by atoms with van der Waals surface area (Å²) in [5.74, 6) is 0.465. The van der Waals surface area contributed by atoms with E-state index in [1.165, 1.54) is 5.56 Å². The van der Waals surface area contributed by atoms with Gasteiger partial charge in [0.1, 0.15) is 0 Å². The normalized spacial score (nSPS) is 16.0. The Bertz CT molecular complexity index is 1060. The van der Waals surface area contributed by atoms with E-state index in [4.69, 9.17) is 11.6 Å². The molecule has 1 aliphatic rings. The van der Waals surface area contributed by atoms with E-state index in [1.807, 2.05) is 42.6 Å². The lowest BCUT2D eigenvalue weighted by atomic mass is 9.89. The van der Waals surface area contributed by atoms with Gasteiger partial charge in [0.2, 0.25) is 10.0 Å². The molecule has 0 spiro atoms. The summed E-state index contributed by atoms with van der Waals surface area (Å²) < 4.78 is 25.1. The standard InChI is InChI=1S/C19H21ClN4O2S/c1-27(25,26)23-16-4-2-13(3-5-16)14-6-8-24(9-7-14)19-11-15(20)10-18-17(19)12-21-22-18/h2-5,10-12,14,23H,6-9H2,1H3,(H,21,22). The summed E-state index contributed by atoms with van der Waals surface area (Å²) in [5, 5.41) is 8.92. The first-order chi connectivity index (χ1) is 12.9. The van der Waals surface area contributed by atoms with Crippen LogP contribution in [-0.2, 0) is 10.0 Å². The van der Waals surface area contributed by atoms with Crippen molar-refractivity contribution >= 4 is 43.9 Å². The third-order valence-electron chi connectivity index (χ3n) is 5.02. The number of aromatic nitrogens is 2. The maximum atomic E-state index is 11.3. The number of sulfonamides is 1. The Morgan fingerprint density at radius 1 is 1.19 bits per heavy atom. The van der Waals surface area contributed by atoms with Crippen LogP contribution >= 0.6 is 11.6 Å². The van der Waals surface area contributed by atoms with Gasteiger partial charge in [-0.15, -0.1) is 0 Å². The van der Waals surface area contributed by atoms with Crippen LogP contribution in [0.5, 0.6) is 0 Å². The highest BCUT2D eigenvalue weighted by molar-refractivity contribution is 7.92. The molecule has 0 atom stereocenters. The smallest absolute Gasteiger partial charge is 0.229 e. The van der Waals surface area contributed by atoms with E-state index < -0.39 is 10.0 Å². The molecule has 4 rings (SSSR count). The third-order valence-corrected chi connectivity index (χ3v) is 5.85. The molecule has 0 aliphatic carbocycles. The van der Waals surface area contributed by atoms with Crippen molar-refractivity contribution < 1.29 is 8.42 Å². The summed E-state index contributed by atoms with van der Waals surface area (Å²) in [6.07, 6.45) is 5.07. The molecule has 0 amide bonds. The molecule has 2 N–H and O–H groups in total. The second kappa shape index (κ2) is 7.05. The van der Waals surface area contributed by atoms with Gasteiger partial charge in [-0.1, -0.05) is 23.7 Å². The minimum absolute atomic E-state index is 0.465. The van der Waals surface area contributed by atoms with E-state index in [2.05, 4.69) is 19.8 Å². The van der Waals surface area contributed by atoms with Gasteiger partial charge < -0.3 is 4.90 Å². The average Bonchev–Trinajstić information content (AvgIpc) is 3.09. The van der Waals surface area contributed by atoms with Crippen LogP contribution in [0.25, 0.3) is 10.9 Å². The molecule has 1 fully saturated rings. The van der Waals surface area contributed by atoms with Crippen LogP contribution in [0.4, 0.5) is 11.4 Å². The lowest BCUT2D eigenvalue weighted by molar-refractivity contribution is 0.506. The number of H-pyrrole nitrogens is 1. The van der Waals surface area contributed by atoms with Gasteiger partial charge in [0, 0.05) is 34.9 Å². The Kier molecular flexibility index (Phi) is 4.74. The lowest BCUT2D eigenvalue weighted by Crippen LogP contribution is -2.33. The van der Waals surface area contributed by atoms with Crippen molar-refractivity contribution in [3.63, 3.8) is 0 Å². The minimum atomic E-state index is -3.24. The molecule has 2 aromatic carbocycles. The van der Waals surface area contributed by atoms with Crippen molar-refractivity contribution in [3.8, 4) is 0 Å². The largest absolute Gasteiger partial charge is 0.371 e. The van der Waals surface area contributed by atoms with Gasteiger partial charge in [0.25, 0.3) is 0 Å². The van der Waals surface area contributed by atoms with Crippen LogP contribution in [0.15, 0.2) is 42.6 Å². The fourth-order valence-electron chi connectivity index (χ4n) is 3.75. The van der Waals surface area contributed by atoms with Crippen molar-refractivity contribution in [2.75, 3.05) is 29.0 Å². The second-order valence-electron chi connectivity index (χ2n) is 7.01. The highest BCUT2D eigenvalue weighted by atomic mass is 35.5. The van der Waals surface area contributed by atoms with Crippen molar-refractivity contribution in [1.82, 2.24) is 10.2 Å². The van der Waals surface area contributed by atoms with E-state index >= 15 is 0 Å². The number of aromatic amines is 1. The van der Waals surface area contributed by atoms with Gasteiger partial charge >= 0.3 is 0 Å². The summed E-state index contributed by atoms with van der Waals surface area (Å²) in [4.78, 5) is 2.36. The van der Waals surface area contributed by atoms with E-state index in [1.54, 1.807) is 0 Å². The molecule has 8 heteroatoms. The molecule has 6 nitrogen and oxygen atoms in total. The Morgan fingerprint density at radius 2 is 1.89 bits per heavy atom. The van der Waals surface area contributed by atoms with Crippen molar-refractivity contribution in [3.05, 3.63) is 53.2 Å². The molecule has 2 heterocycles. The van der Waals surface area contributed by atoms with Gasteiger partial charge in [0.15, 0.2) is 0 Å². The number of hydrogen-bond acceptors (Lipinski definition) is 4. The zero-order valence-electron chi connectivity index (χ0n) is 14.9. The third kappa shape index (κ3) is 4.04. The zero-order chi connectivity index (χ0) is 19.0. The van der Waals surface area contributed by atoms with Gasteiger partial charge in [-0.2, -0.15) is 5.10 Å². The van der Waals surface area contributed by atoms with E-state index in [-0.39, 0.29) is 0 Å².